The molecule has 3 N–H and O–H groups in total. The van der Waals surface area contributed by atoms with E-state index in [1.54, 1.807) is 48.2 Å². The van der Waals surface area contributed by atoms with Gasteiger partial charge in [-0.3, -0.25) is 28.9 Å². The number of carboxylic acids is 1. The molecule has 0 spiro atoms. The Morgan fingerprint density at radius 1 is 1.02 bits per heavy atom. The van der Waals surface area contributed by atoms with Crippen molar-refractivity contribution in [2.75, 3.05) is 18.5 Å². The van der Waals surface area contributed by atoms with Crippen LogP contribution in [0.25, 0.3) is 0 Å². The molecule has 2 bridgehead atoms. The first-order chi connectivity index (χ1) is 20.7. The summed E-state index contributed by atoms with van der Waals surface area (Å²) in [5.74, 6) is -2.49. The van der Waals surface area contributed by atoms with Crippen molar-refractivity contribution in [3.05, 3.63) is 73.7 Å². The van der Waals surface area contributed by atoms with Crippen LogP contribution in [0.2, 0.25) is 5.02 Å². The molecule has 10 nitrogen and oxygen atoms in total. The molecule has 2 aromatic carbocycles. The highest BCUT2D eigenvalue weighted by atomic mass is 35.5. The summed E-state index contributed by atoms with van der Waals surface area (Å²) < 4.78 is 5.72. The average molecular weight is 640 g/mol. The molecule has 1 saturated heterocycles. The molecular formula is C30H26ClN3O7S2. The van der Waals surface area contributed by atoms with Gasteiger partial charge in [-0.05, 0) is 66.1 Å². The number of nitrogens with zero attached hydrogens (tertiary/aromatic N) is 1. The zero-order valence-corrected chi connectivity index (χ0v) is 24.9. The average Bonchev–Trinajstić information content (AvgIpc) is 3.71. The molecule has 2 aliphatic carbocycles. The molecule has 7 rings (SSSR count). The topological polar surface area (TPSA) is 146 Å². The van der Waals surface area contributed by atoms with Gasteiger partial charge >= 0.3 is 10.8 Å². The van der Waals surface area contributed by atoms with Gasteiger partial charge in [0.15, 0.2) is 6.61 Å². The SMILES string of the molecule is O=C(O)CCN1C(=O)C2C3CC(C2C1=O)C1C3Sc2[nH]c(=O)sc2[C@@H]1c1ccc(OCC(=O)Nc2ccc(Cl)cc2)cc1. The molecule has 2 saturated carbocycles. The fourth-order valence-electron chi connectivity index (χ4n) is 7.53. The van der Waals surface area contributed by atoms with Gasteiger partial charge in [0.05, 0.1) is 23.3 Å². The number of ether oxygens (including phenoxy) is 1. The number of likely N-dealkylation sites (tertiary alicyclic amines) is 1. The molecule has 43 heavy (non-hydrogen) atoms. The number of rotatable bonds is 8. The molecule has 0 radical (unpaired) electrons. The number of carbonyl (C=O) groups excluding carboxylic acids is 3. The van der Waals surface area contributed by atoms with Crippen molar-refractivity contribution < 1.29 is 29.0 Å². The van der Waals surface area contributed by atoms with Crippen LogP contribution in [0.15, 0.2) is 58.4 Å². The molecule has 1 aromatic heterocycles. The monoisotopic (exact) mass is 639 g/mol. The van der Waals surface area contributed by atoms with Gasteiger partial charge in [0.2, 0.25) is 11.8 Å². The fraction of sp³-hybridized carbons (Fsp3) is 0.367. The van der Waals surface area contributed by atoms with Crippen molar-refractivity contribution in [2.24, 2.45) is 29.6 Å². The standard InChI is InChI=1S/C30H26ClN3O7S2/c31-14-3-5-15(6-4-14)32-19(35)12-41-16-7-1-13(2-8-16)21-22-17-11-18(25(22)42-27-26(21)43-30(40)33-27)24-23(17)28(38)34(29(24)39)10-9-20(36)37/h1-8,17-18,21-25H,9-12H2,(H,32,35)(H,33,40)(H,36,37)/t17?,18?,21-,22?,23?,24?,25?/m1/s1. The lowest BCUT2D eigenvalue weighted by Crippen LogP contribution is -2.42. The van der Waals surface area contributed by atoms with Crippen LogP contribution in [-0.2, 0) is 19.2 Å². The number of carboxylic acid groups (broad SMARTS) is 1. The number of thioether (sulfide) groups is 1. The first-order valence-electron chi connectivity index (χ1n) is 13.9. The number of hydrogen-bond donors (Lipinski definition) is 3. The van der Waals surface area contributed by atoms with Crippen molar-refractivity contribution >= 4 is 64.1 Å². The summed E-state index contributed by atoms with van der Waals surface area (Å²) >= 11 is 8.67. The minimum absolute atomic E-state index is 0.0305. The van der Waals surface area contributed by atoms with E-state index in [2.05, 4.69) is 10.3 Å². The van der Waals surface area contributed by atoms with E-state index < -0.39 is 17.8 Å². The van der Waals surface area contributed by atoms with Crippen molar-refractivity contribution in [3.8, 4) is 5.75 Å². The summed E-state index contributed by atoms with van der Waals surface area (Å²) in [5, 5.41) is 13.3. The van der Waals surface area contributed by atoms with E-state index >= 15 is 0 Å². The van der Waals surface area contributed by atoms with E-state index in [1.807, 2.05) is 12.1 Å². The molecular weight excluding hydrogens is 614 g/mol. The third-order valence-corrected chi connectivity index (χ3v) is 11.9. The van der Waals surface area contributed by atoms with Crippen molar-refractivity contribution in [2.45, 2.75) is 29.0 Å². The highest BCUT2D eigenvalue weighted by molar-refractivity contribution is 8.00. The minimum atomic E-state index is -1.05. The fourth-order valence-corrected chi connectivity index (χ4v) is 10.5. The van der Waals surface area contributed by atoms with Crippen molar-refractivity contribution in [3.63, 3.8) is 0 Å². The number of halogens is 1. The number of aliphatic carboxylic acids is 1. The van der Waals surface area contributed by atoms with Crippen molar-refractivity contribution in [1.82, 2.24) is 9.88 Å². The first-order valence-corrected chi connectivity index (χ1v) is 16.0. The second-order valence-electron chi connectivity index (χ2n) is 11.3. The smallest absolute Gasteiger partial charge is 0.305 e. The van der Waals surface area contributed by atoms with E-state index in [1.165, 1.54) is 11.3 Å². The maximum absolute atomic E-state index is 13.5. The Balaban J connectivity index is 1.12. The number of benzene rings is 2. The third kappa shape index (κ3) is 4.85. The Labute approximate surface area is 258 Å². The zero-order valence-electron chi connectivity index (χ0n) is 22.5. The van der Waals surface area contributed by atoms with Gasteiger partial charge in [-0.25, -0.2) is 0 Å². The normalized spacial score (nSPS) is 28.4. The summed E-state index contributed by atoms with van der Waals surface area (Å²) in [7, 11) is 0. The van der Waals surface area contributed by atoms with Gasteiger partial charge in [0, 0.05) is 33.3 Å². The predicted molar refractivity (Wildman–Crippen MR) is 159 cm³/mol. The number of amides is 3. The molecule has 2 aliphatic heterocycles. The first kappa shape index (κ1) is 28.2. The molecule has 3 aromatic rings. The minimum Gasteiger partial charge on any atom is -0.484 e. The highest BCUT2D eigenvalue weighted by Gasteiger charge is 2.69. The van der Waals surface area contributed by atoms with Crippen LogP contribution in [0.3, 0.4) is 0 Å². The maximum atomic E-state index is 13.5. The van der Waals surface area contributed by atoms with Crippen LogP contribution in [0.5, 0.6) is 5.75 Å². The quantitative estimate of drug-likeness (QED) is 0.313. The molecule has 7 atom stereocenters. The van der Waals surface area contributed by atoms with Gasteiger partial charge < -0.3 is 20.1 Å². The maximum Gasteiger partial charge on any atom is 0.305 e. The third-order valence-electron chi connectivity index (χ3n) is 9.10. The number of thiazole rings is 1. The van der Waals surface area contributed by atoms with Crippen LogP contribution in [0, 0.1) is 29.6 Å². The van der Waals surface area contributed by atoms with E-state index in [0.29, 0.717) is 16.5 Å². The Morgan fingerprint density at radius 3 is 2.42 bits per heavy atom. The number of hydrogen-bond acceptors (Lipinski definition) is 8. The predicted octanol–water partition coefficient (Wildman–Crippen LogP) is 4.06. The number of H-pyrrole nitrogens is 1. The van der Waals surface area contributed by atoms with Crippen LogP contribution in [0.1, 0.15) is 29.2 Å². The van der Waals surface area contributed by atoms with E-state index in [9.17, 15) is 24.0 Å². The molecule has 4 aliphatic rings. The Kier molecular flexibility index (Phi) is 7.10. The second-order valence-corrected chi connectivity index (χ2v) is 14.0. The summed E-state index contributed by atoms with van der Waals surface area (Å²) in [4.78, 5) is 67.7. The Bertz CT molecular complexity index is 1690. The Hall–Kier alpha value is -3.61. The number of nitrogens with one attached hydrogen (secondary N) is 2. The van der Waals surface area contributed by atoms with Gasteiger partial charge in [0.1, 0.15) is 5.75 Å². The van der Waals surface area contributed by atoms with E-state index in [0.717, 1.165) is 26.8 Å². The van der Waals surface area contributed by atoms with E-state index in [4.69, 9.17) is 21.4 Å². The summed E-state index contributed by atoms with van der Waals surface area (Å²) in [6, 6.07) is 14.2. The number of fused-ring (bicyclic) bond motifs is 9. The summed E-state index contributed by atoms with van der Waals surface area (Å²) in [5.41, 5.74) is 1.58. The van der Waals surface area contributed by atoms with Gasteiger partial charge in [-0.1, -0.05) is 35.1 Å². The summed E-state index contributed by atoms with van der Waals surface area (Å²) in [6.07, 6.45) is 0.480. The van der Waals surface area contributed by atoms with Gasteiger partial charge in [-0.15, -0.1) is 11.8 Å². The molecule has 3 heterocycles. The van der Waals surface area contributed by atoms with Crippen LogP contribution < -0.4 is 14.9 Å². The Morgan fingerprint density at radius 2 is 1.72 bits per heavy atom. The van der Waals surface area contributed by atoms with Crippen LogP contribution >= 0.6 is 34.7 Å². The van der Waals surface area contributed by atoms with Gasteiger partial charge in [-0.2, -0.15) is 0 Å². The van der Waals surface area contributed by atoms with Crippen LogP contribution in [-0.4, -0.2) is 57.1 Å². The lowest BCUT2D eigenvalue weighted by atomic mass is 9.68. The number of anilines is 1. The number of carbonyl (C=O) groups is 4. The molecule has 6 unspecified atom stereocenters. The molecule has 222 valence electrons. The lowest BCUT2D eigenvalue weighted by Gasteiger charge is -2.43. The van der Waals surface area contributed by atoms with Crippen molar-refractivity contribution in [1.29, 1.82) is 0 Å². The molecule has 3 fully saturated rings. The molecule has 3 amide bonds. The largest absolute Gasteiger partial charge is 0.484 e. The van der Waals surface area contributed by atoms with E-state index in [-0.39, 0.29) is 71.1 Å². The number of aromatic amines is 1. The second kappa shape index (κ2) is 10.8. The number of imide groups is 1. The lowest BCUT2D eigenvalue weighted by molar-refractivity contribution is -0.142. The molecule has 13 heteroatoms. The highest BCUT2D eigenvalue weighted by Crippen LogP contribution is 2.68. The van der Waals surface area contributed by atoms with Gasteiger partial charge in [0.25, 0.3) is 5.91 Å². The summed E-state index contributed by atoms with van der Waals surface area (Å²) in [6.45, 7) is -0.289. The number of aromatic nitrogens is 1. The zero-order chi connectivity index (χ0) is 30.0. The van der Waals surface area contributed by atoms with Crippen LogP contribution in [0.4, 0.5) is 5.69 Å².